The number of nitrogens with zero attached hydrogens (tertiary/aromatic N) is 1. The Kier molecular flexibility index (Phi) is 9.05. The summed E-state index contributed by atoms with van der Waals surface area (Å²) < 4.78 is 34.7. The molecule has 0 amide bonds. The molecule has 5 fully saturated rings. The first-order chi connectivity index (χ1) is 23.3. The highest BCUT2D eigenvalue weighted by Crippen LogP contribution is 2.82. The van der Waals surface area contributed by atoms with Crippen molar-refractivity contribution in [2.24, 2.45) is 28.1 Å². The third-order valence-corrected chi connectivity index (χ3v) is 14.2. The molecule has 5 aliphatic carbocycles. The van der Waals surface area contributed by atoms with E-state index in [0.717, 1.165) is 56.5 Å². The number of benzene rings is 1. The van der Waals surface area contributed by atoms with Gasteiger partial charge in [0, 0.05) is 42.0 Å². The summed E-state index contributed by atoms with van der Waals surface area (Å²) in [5.74, 6) is 0.953. The number of carbonyl (C=O) groups is 2. The van der Waals surface area contributed by atoms with Gasteiger partial charge < -0.3 is 38.3 Å². The summed E-state index contributed by atoms with van der Waals surface area (Å²) >= 11 is 0. The van der Waals surface area contributed by atoms with Crippen molar-refractivity contribution < 1.29 is 43.1 Å². The predicted octanol–water partition coefficient (Wildman–Crippen LogP) is 4.50. The van der Waals surface area contributed by atoms with E-state index in [0.29, 0.717) is 57.0 Å². The van der Waals surface area contributed by atoms with Gasteiger partial charge in [0.2, 0.25) is 0 Å². The van der Waals surface area contributed by atoms with E-state index in [2.05, 4.69) is 38.7 Å². The van der Waals surface area contributed by atoms with Crippen LogP contribution in [0.25, 0.3) is 0 Å². The molecule has 4 bridgehead atoms. The average molecular weight is 684 g/mol. The Labute approximate surface area is 291 Å². The quantitative estimate of drug-likeness (QED) is 0.116. The standard InChI is InChI=1S/C39H57NO9/c1-34(2,3)35(4,43)29-22-37-11-12-38(29,25-41)36(5)39(37)13-14-40(23-26-7-8-26)30(37)21-27-9-10-28(33(49-36)32(27)39)48-31(42)24-47-20-19-46-18-17-45-16-15-44-6/h9-10,25-26,29-30,43H,7-8,11-24H2,1-6H3. The van der Waals surface area contributed by atoms with Crippen molar-refractivity contribution in [2.45, 2.75) is 102 Å². The van der Waals surface area contributed by atoms with Crippen LogP contribution in [0, 0.1) is 28.1 Å². The Bertz CT molecular complexity index is 1440. The van der Waals surface area contributed by atoms with Crippen molar-refractivity contribution in [3.05, 3.63) is 23.3 Å². The highest BCUT2D eigenvalue weighted by atomic mass is 16.6. The normalized spacial score (nSPS) is 35.4. The lowest BCUT2D eigenvalue weighted by Gasteiger charge is -2.78. The Morgan fingerprint density at radius 2 is 1.71 bits per heavy atom. The molecule has 7 atom stereocenters. The van der Waals surface area contributed by atoms with Crippen LogP contribution in [0.5, 0.6) is 11.5 Å². The summed E-state index contributed by atoms with van der Waals surface area (Å²) in [4.78, 5) is 29.7. The summed E-state index contributed by atoms with van der Waals surface area (Å²) in [6, 6.07) is 4.29. The molecule has 0 aromatic heterocycles. The van der Waals surface area contributed by atoms with Crippen molar-refractivity contribution in [3.8, 4) is 11.5 Å². The van der Waals surface area contributed by atoms with Gasteiger partial charge in [-0.2, -0.15) is 0 Å². The second-order valence-electron chi connectivity index (χ2n) is 17.1. The van der Waals surface area contributed by atoms with Gasteiger partial charge in [-0.1, -0.05) is 26.8 Å². The highest BCUT2D eigenvalue weighted by molar-refractivity contribution is 5.77. The Hall–Kier alpha value is -2.08. The smallest absolute Gasteiger partial charge is 0.337 e. The summed E-state index contributed by atoms with van der Waals surface area (Å²) in [7, 11) is 1.63. The molecule has 7 unspecified atom stereocenters. The number of ether oxygens (including phenoxy) is 6. The van der Waals surface area contributed by atoms with E-state index in [4.69, 9.17) is 28.4 Å². The molecular weight excluding hydrogens is 626 g/mol. The topological polar surface area (TPSA) is 113 Å². The number of hydrogen-bond acceptors (Lipinski definition) is 10. The van der Waals surface area contributed by atoms with Gasteiger partial charge in [0.25, 0.3) is 0 Å². The maximum atomic E-state index is 13.8. The third kappa shape index (κ3) is 5.09. The number of aldehydes is 1. The van der Waals surface area contributed by atoms with E-state index in [9.17, 15) is 14.7 Å². The van der Waals surface area contributed by atoms with Crippen molar-refractivity contribution >= 4 is 12.3 Å². The molecule has 4 saturated carbocycles. The van der Waals surface area contributed by atoms with Gasteiger partial charge in [-0.25, -0.2) is 4.79 Å². The molecule has 7 aliphatic rings. The fraction of sp³-hybridized carbons (Fsp3) is 0.795. The SMILES string of the molecule is COCCOCCOCCOCC(=O)Oc1ccc2c3c1OC1(C)C4(C=O)CCC5(CC4C(C)(O)C(C)(C)C)C(C2)N(CC2CC2)CCC351. The van der Waals surface area contributed by atoms with Gasteiger partial charge in [-0.05, 0) is 88.3 Å². The molecule has 1 aromatic rings. The fourth-order valence-electron chi connectivity index (χ4n) is 11.1. The molecule has 2 spiro atoms. The summed E-state index contributed by atoms with van der Waals surface area (Å²) in [5, 5.41) is 12.5. The van der Waals surface area contributed by atoms with Crippen LogP contribution in [0.3, 0.4) is 0 Å². The maximum absolute atomic E-state index is 13.8. The average Bonchev–Trinajstić information content (AvgIpc) is 3.82. The minimum Gasteiger partial charge on any atom is -0.481 e. The minimum absolute atomic E-state index is 0.182. The number of rotatable bonds is 16. The molecule has 10 nitrogen and oxygen atoms in total. The number of carbonyl (C=O) groups excluding carboxylic acids is 2. The number of fused-ring (bicyclic) bond motifs is 2. The number of esters is 1. The second-order valence-corrected chi connectivity index (χ2v) is 17.1. The first-order valence-electron chi connectivity index (χ1n) is 18.5. The Morgan fingerprint density at radius 3 is 2.37 bits per heavy atom. The molecule has 2 aliphatic heterocycles. The molecule has 1 saturated heterocycles. The lowest BCUT2D eigenvalue weighted by Crippen LogP contribution is -2.85. The van der Waals surface area contributed by atoms with Crippen LogP contribution in [0.15, 0.2) is 12.1 Å². The molecule has 272 valence electrons. The van der Waals surface area contributed by atoms with E-state index in [1.165, 1.54) is 18.4 Å². The third-order valence-electron chi connectivity index (χ3n) is 14.2. The lowest BCUT2D eigenvalue weighted by atomic mass is 9.27. The van der Waals surface area contributed by atoms with Gasteiger partial charge in [-0.3, -0.25) is 4.90 Å². The summed E-state index contributed by atoms with van der Waals surface area (Å²) in [6.07, 6.45) is 7.89. The van der Waals surface area contributed by atoms with Gasteiger partial charge >= 0.3 is 5.97 Å². The zero-order chi connectivity index (χ0) is 34.9. The molecule has 49 heavy (non-hydrogen) atoms. The summed E-state index contributed by atoms with van der Waals surface area (Å²) in [5.41, 5.74) is -1.63. The Balaban J connectivity index is 1.18. The van der Waals surface area contributed by atoms with Gasteiger partial charge in [0.05, 0.1) is 50.7 Å². The monoisotopic (exact) mass is 683 g/mol. The van der Waals surface area contributed by atoms with Crippen LogP contribution in [0.2, 0.25) is 0 Å². The summed E-state index contributed by atoms with van der Waals surface area (Å²) in [6.45, 7) is 14.7. The van der Waals surface area contributed by atoms with E-state index in [1.807, 2.05) is 13.0 Å². The molecule has 1 N–H and O–H groups in total. The highest BCUT2D eigenvalue weighted by Gasteiger charge is 2.86. The first kappa shape index (κ1) is 35.3. The predicted molar refractivity (Wildman–Crippen MR) is 182 cm³/mol. The van der Waals surface area contributed by atoms with Crippen LogP contribution in [0.1, 0.15) is 84.3 Å². The number of methoxy groups -OCH3 is 1. The zero-order valence-corrected chi connectivity index (χ0v) is 30.4. The number of likely N-dealkylation sites (tertiary alicyclic amines) is 1. The maximum Gasteiger partial charge on any atom is 0.337 e. The number of aliphatic hydroxyl groups is 1. The first-order valence-corrected chi connectivity index (χ1v) is 18.5. The molecule has 10 heteroatoms. The number of hydrogen-bond donors (Lipinski definition) is 1. The second kappa shape index (κ2) is 12.6. The zero-order valence-electron chi connectivity index (χ0n) is 30.4. The lowest BCUT2D eigenvalue weighted by molar-refractivity contribution is -0.301. The van der Waals surface area contributed by atoms with Crippen molar-refractivity contribution in [1.82, 2.24) is 4.90 Å². The molecule has 0 radical (unpaired) electrons. The molecule has 8 rings (SSSR count). The molecular formula is C39H57NO9. The van der Waals surface area contributed by atoms with E-state index < -0.39 is 33.4 Å². The molecule has 2 heterocycles. The van der Waals surface area contributed by atoms with Crippen LogP contribution in [0.4, 0.5) is 0 Å². The van der Waals surface area contributed by atoms with Crippen LogP contribution in [-0.2, 0) is 40.4 Å². The van der Waals surface area contributed by atoms with Crippen molar-refractivity contribution in [1.29, 1.82) is 0 Å². The Morgan fingerprint density at radius 1 is 1.02 bits per heavy atom. The van der Waals surface area contributed by atoms with Gasteiger partial charge in [-0.15, -0.1) is 0 Å². The van der Waals surface area contributed by atoms with Crippen LogP contribution >= 0.6 is 0 Å². The van der Waals surface area contributed by atoms with Crippen molar-refractivity contribution in [2.75, 3.05) is 66.4 Å². The van der Waals surface area contributed by atoms with Crippen LogP contribution < -0.4 is 9.47 Å². The molecule has 1 aromatic carbocycles. The fourth-order valence-corrected chi connectivity index (χ4v) is 11.1. The van der Waals surface area contributed by atoms with E-state index >= 15 is 0 Å². The van der Waals surface area contributed by atoms with Crippen molar-refractivity contribution in [3.63, 3.8) is 0 Å². The number of piperidine rings is 1. The van der Waals surface area contributed by atoms with Gasteiger partial charge in [0.15, 0.2) is 11.5 Å². The minimum atomic E-state index is -1.12. The van der Waals surface area contributed by atoms with E-state index in [-0.39, 0.29) is 24.5 Å². The van der Waals surface area contributed by atoms with E-state index in [1.54, 1.807) is 7.11 Å². The largest absolute Gasteiger partial charge is 0.481 e. The van der Waals surface area contributed by atoms with Gasteiger partial charge in [0.1, 0.15) is 18.5 Å². The van der Waals surface area contributed by atoms with Crippen LogP contribution in [-0.4, -0.2) is 106 Å².